The molecular weight excluding hydrogens is 310 g/mol. The standard InChI is InChI=1S/C17H15N3O2S/c1-10-9-23-17-18-14(8-20(10)17)16(22)19-6-5-13-7-12(11(2)21)3-4-15(13)19/h3-4,7-9H,5-6H2,1-2H3. The monoisotopic (exact) mass is 325 g/mol. The minimum atomic E-state index is -0.0883. The molecule has 23 heavy (non-hydrogen) atoms. The van der Waals surface area contributed by atoms with E-state index in [1.165, 1.54) is 11.3 Å². The number of benzene rings is 1. The number of ketones is 1. The highest BCUT2D eigenvalue weighted by atomic mass is 32.1. The number of amides is 1. The average molecular weight is 325 g/mol. The molecule has 3 heterocycles. The molecule has 0 unspecified atom stereocenters. The van der Waals surface area contributed by atoms with Crippen LogP contribution in [0.4, 0.5) is 5.69 Å². The Balaban J connectivity index is 1.69. The van der Waals surface area contributed by atoms with E-state index in [1.54, 1.807) is 24.1 Å². The maximum atomic E-state index is 12.8. The van der Waals surface area contributed by atoms with Gasteiger partial charge in [-0.2, -0.15) is 0 Å². The van der Waals surface area contributed by atoms with Crippen molar-refractivity contribution in [2.75, 3.05) is 11.4 Å². The lowest BCUT2D eigenvalue weighted by molar-refractivity contribution is 0.0983. The van der Waals surface area contributed by atoms with Gasteiger partial charge in [0.25, 0.3) is 5.91 Å². The van der Waals surface area contributed by atoms with Crippen LogP contribution in [-0.4, -0.2) is 27.6 Å². The first-order chi connectivity index (χ1) is 11.0. The van der Waals surface area contributed by atoms with Crippen molar-refractivity contribution in [3.05, 3.63) is 52.3 Å². The number of aryl methyl sites for hydroxylation is 1. The molecule has 0 fully saturated rings. The Morgan fingerprint density at radius 1 is 1.30 bits per heavy atom. The first kappa shape index (κ1) is 14.1. The Kier molecular flexibility index (Phi) is 3.09. The number of fused-ring (bicyclic) bond motifs is 2. The van der Waals surface area contributed by atoms with E-state index in [0.717, 1.165) is 28.3 Å². The number of anilines is 1. The molecule has 4 rings (SSSR count). The largest absolute Gasteiger partial charge is 0.306 e. The number of hydrogen-bond donors (Lipinski definition) is 0. The number of carbonyl (C=O) groups excluding carboxylic acids is 2. The molecule has 6 heteroatoms. The van der Waals surface area contributed by atoms with E-state index in [2.05, 4.69) is 4.98 Å². The van der Waals surface area contributed by atoms with E-state index < -0.39 is 0 Å². The fourth-order valence-electron chi connectivity index (χ4n) is 2.97. The SMILES string of the molecule is CC(=O)c1ccc2c(c1)CCN2C(=O)c1cn2c(C)csc2n1. The highest BCUT2D eigenvalue weighted by Gasteiger charge is 2.27. The molecule has 5 nitrogen and oxygen atoms in total. The van der Waals surface area contributed by atoms with Crippen LogP contribution in [-0.2, 0) is 6.42 Å². The zero-order valence-electron chi connectivity index (χ0n) is 12.9. The van der Waals surface area contributed by atoms with Crippen LogP contribution in [0.25, 0.3) is 4.96 Å². The first-order valence-corrected chi connectivity index (χ1v) is 8.31. The third-order valence-corrected chi connectivity index (χ3v) is 5.19. The first-order valence-electron chi connectivity index (χ1n) is 7.43. The Hall–Kier alpha value is -2.47. The highest BCUT2D eigenvalue weighted by Crippen LogP contribution is 2.30. The van der Waals surface area contributed by atoms with E-state index in [1.807, 2.05) is 28.8 Å². The van der Waals surface area contributed by atoms with Gasteiger partial charge in [-0.05, 0) is 44.0 Å². The summed E-state index contributed by atoms with van der Waals surface area (Å²) in [4.78, 5) is 31.3. The summed E-state index contributed by atoms with van der Waals surface area (Å²) in [6.07, 6.45) is 2.56. The van der Waals surface area contributed by atoms with Gasteiger partial charge in [0.15, 0.2) is 10.7 Å². The smallest absolute Gasteiger partial charge is 0.278 e. The van der Waals surface area contributed by atoms with Gasteiger partial charge in [-0.25, -0.2) is 4.98 Å². The summed E-state index contributed by atoms with van der Waals surface area (Å²) < 4.78 is 1.94. The summed E-state index contributed by atoms with van der Waals surface area (Å²) in [7, 11) is 0. The highest BCUT2D eigenvalue weighted by molar-refractivity contribution is 7.15. The molecule has 2 aromatic heterocycles. The van der Waals surface area contributed by atoms with E-state index in [4.69, 9.17) is 0 Å². The van der Waals surface area contributed by atoms with Crippen LogP contribution in [0.15, 0.2) is 29.8 Å². The van der Waals surface area contributed by atoms with Crippen molar-refractivity contribution in [1.82, 2.24) is 9.38 Å². The van der Waals surface area contributed by atoms with Gasteiger partial charge >= 0.3 is 0 Å². The van der Waals surface area contributed by atoms with Gasteiger partial charge in [0.1, 0.15) is 5.69 Å². The summed E-state index contributed by atoms with van der Waals surface area (Å²) in [5.74, 6) is -0.0444. The molecule has 0 bridgehead atoms. The summed E-state index contributed by atoms with van der Waals surface area (Å²) in [5, 5.41) is 2.02. The van der Waals surface area contributed by atoms with Crippen LogP contribution >= 0.6 is 11.3 Å². The van der Waals surface area contributed by atoms with Crippen LogP contribution in [0.2, 0.25) is 0 Å². The van der Waals surface area contributed by atoms with Crippen LogP contribution in [0.5, 0.6) is 0 Å². The quantitative estimate of drug-likeness (QED) is 0.680. The van der Waals surface area contributed by atoms with Gasteiger partial charge in [0, 0.05) is 35.1 Å². The van der Waals surface area contributed by atoms with Crippen molar-refractivity contribution >= 4 is 33.7 Å². The van der Waals surface area contributed by atoms with Crippen LogP contribution in [0.3, 0.4) is 0 Å². The Morgan fingerprint density at radius 2 is 2.13 bits per heavy atom. The zero-order chi connectivity index (χ0) is 16.1. The number of thiazole rings is 1. The van der Waals surface area contributed by atoms with Gasteiger partial charge in [0.2, 0.25) is 0 Å². The Bertz CT molecular complexity index is 954. The number of hydrogen-bond acceptors (Lipinski definition) is 4. The Morgan fingerprint density at radius 3 is 2.87 bits per heavy atom. The van der Waals surface area contributed by atoms with Crippen molar-refractivity contribution < 1.29 is 9.59 Å². The van der Waals surface area contributed by atoms with Gasteiger partial charge in [-0.3, -0.25) is 14.0 Å². The van der Waals surface area contributed by atoms with Crippen molar-refractivity contribution in [3.63, 3.8) is 0 Å². The normalized spacial score (nSPS) is 13.6. The van der Waals surface area contributed by atoms with Gasteiger partial charge in [0.05, 0.1) is 0 Å². The number of imidazole rings is 1. The summed E-state index contributed by atoms with van der Waals surface area (Å²) in [5.41, 5.74) is 4.15. The number of nitrogens with zero attached hydrogens (tertiary/aromatic N) is 3. The molecule has 116 valence electrons. The molecule has 1 aliphatic rings. The lowest BCUT2D eigenvalue weighted by atomic mass is 10.1. The van der Waals surface area contributed by atoms with Gasteiger partial charge in [-0.1, -0.05) is 0 Å². The maximum absolute atomic E-state index is 12.8. The molecule has 1 amide bonds. The maximum Gasteiger partial charge on any atom is 0.278 e. The number of aromatic nitrogens is 2. The predicted octanol–water partition coefficient (Wildman–Crippen LogP) is 3.11. The van der Waals surface area contributed by atoms with E-state index in [0.29, 0.717) is 17.8 Å². The molecule has 0 N–H and O–H groups in total. The van der Waals surface area contributed by atoms with E-state index in [9.17, 15) is 9.59 Å². The molecule has 0 spiro atoms. The molecular formula is C17H15N3O2S. The van der Waals surface area contributed by atoms with Gasteiger partial charge in [-0.15, -0.1) is 11.3 Å². The average Bonchev–Trinajstić information content (AvgIpc) is 3.22. The minimum Gasteiger partial charge on any atom is -0.306 e. The fraction of sp³-hybridized carbons (Fsp3) is 0.235. The second-order valence-electron chi connectivity index (χ2n) is 5.76. The summed E-state index contributed by atoms with van der Waals surface area (Å²) in [6.45, 7) is 4.17. The zero-order valence-corrected chi connectivity index (χ0v) is 13.7. The summed E-state index contributed by atoms with van der Waals surface area (Å²) >= 11 is 1.53. The van der Waals surface area contributed by atoms with Crippen LogP contribution in [0, 0.1) is 6.92 Å². The lowest BCUT2D eigenvalue weighted by Crippen LogP contribution is -2.29. The van der Waals surface area contributed by atoms with Crippen molar-refractivity contribution in [1.29, 1.82) is 0 Å². The van der Waals surface area contributed by atoms with Gasteiger partial charge < -0.3 is 4.90 Å². The molecule has 3 aromatic rings. The molecule has 0 atom stereocenters. The van der Waals surface area contributed by atoms with Crippen molar-refractivity contribution in [3.8, 4) is 0 Å². The minimum absolute atomic E-state index is 0.0439. The van der Waals surface area contributed by atoms with Crippen LogP contribution < -0.4 is 4.90 Å². The lowest BCUT2D eigenvalue weighted by Gasteiger charge is -2.16. The number of Topliss-reactive ketones (excluding diaryl/α,β-unsaturated/α-hetero) is 1. The number of rotatable bonds is 2. The summed E-state index contributed by atoms with van der Waals surface area (Å²) in [6, 6.07) is 5.53. The molecule has 1 aromatic carbocycles. The molecule has 0 saturated heterocycles. The second kappa shape index (κ2) is 5.03. The van der Waals surface area contributed by atoms with Crippen LogP contribution in [0.1, 0.15) is 39.0 Å². The third-order valence-electron chi connectivity index (χ3n) is 4.23. The predicted molar refractivity (Wildman–Crippen MR) is 89.6 cm³/mol. The van der Waals surface area contributed by atoms with E-state index >= 15 is 0 Å². The Labute approximate surface area is 137 Å². The topological polar surface area (TPSA) is 54.7 Å². The fourth-order valence-corrected chi connectivity index (χ4v) is 3.82. The molecule has 0 saturated carbocycles. The molecule has 0 aliphatic carbocycles. The van der Waals surface area contributed by atoms with Crippen molar-refractivity contribution in [2.24, 2.45) is 0 Å². The van der Waals surface area contributed by atoms with Crippen molar-refractivity contribution in [2.45, 2.75) is 20.3 Å². The molecule has 0 radical (unpaired) electrons. The number of carbonyl (C=O) groups is 2. The third kappa shape index (κ3) is 2.17. The van der Waals surface area contributed by atoms with E-state index in [-0.39, 0.29) is 11.7 Å². The molecule has 1 aliphatic heterocycles. The second-order valence-corrected chi connectivity index (χ2v) is 6.60.